The van der Waals surface area contributed by atoms with E-state index >= 15 is 0 Å². The third-order valence-corrected chi connectivity index (χ3v) is 4.48. The van der Waals surface area contributed by atoms with Gasteiger partial charge in [0.15, 0.2) is 5.17 Å². The van der Waals surface area contributed by atoms with Gasteiger partial charge < -0.3 is 14.8 Å². The molecule has 0 aromatic heterocycles. The maximum Gasteiger partial charge on any atom is 0.161 e. The van der Waals surface area contributed by atoms with Crippen LogP contribution in [0.1, 0.15) is 27.7 Å². The summed E-state index contributed by atoms with van der Waals surface area (Å²) in [7, 11) is 0. The van der Waals surface area contributed by atoms with Crippen LogP contribution in [0.5, 0.6) is 11.5 Å². The minimum Gasteiger partial charge on any atom is -0.494 e. The summed E-state index contributed by atoms with van der Waals surface area (Å²) < 4.78 is 11.2. The standard InChI is InChI=1S/C16H24N2O2S/c1-5-19-12-7-8-14(20-6-2)13(9-12)18-15-17-10-16(3,4)11-21-15/h7-9H,5-6,10-11H2,1-4H3,(H,17,18). The van der Waals surface area contributed by atoms with Gasteiger partial charge in [0.25, 0.3) is 0 Å². The molecule has 0 atom stereocenters. The van der Waals surface area contributed by atoms with E-state index in [0.717, 1.165) is 34.7 Å². The van der Waals surface area contributed by atoms with Crippen molar-refractivity contribution in [3.63, 3.8) is 0 Å². The lowest BCUT2D eigenvalue weighted by Crippen LogP contribution is -2.27. The summed E-state index contributed by atoms with van der Waals surface area (Å²) in [5.41, 5.74) is 1.18. The summed E-state index contributed by atoms with van der Waals surface area (Å²) in [4.78, 5) is 4.63. The van der Waals surface area contributed by atoms with Gasteiger partial charge >= 0.3 is 0 Å². The Balaban J connectivity index is 2.16. The quantitative estimate of drug-likeness (QED) is 0.892. The number of rotatable bonds is 5. The number of hydrogen-bond acceptors (Lipinski definition) is 5. The van der Waals surface area contributed by atoms with Crippen LogP contribution in [-0.2, 0) is 0 Å². The number of thioether (sulfide) groups is 1. The molecule has 0 fully saturated rings. The number of nitrogens with zero attached hydrogens (tertiary/aromatic N) is 1. The van der Waals surface area contributed by atoms with Crippen LogP contribution in [0.3, 0.4) is 0 Å². The SMILES string of the molecule is CCOc1ccc(OCC)c(NC2=NCC(C)(C)CS2)c1. The molecule has 4 nitrogen and oxygen atoms in total. The molecule has 0 spiro atoms. The van der Waals surface area contributed by atoms with Crippen molar-refractivity contribution in [1.29, 1.82) is 0 Å². The minimum atomic E-state index is 0.270. The lowest BCUT2D eigenvalue weighted by molar-refractivity contribution is 0.332. The number of aliphatic imine (C=N–C) groups is 1. The zero-order valence-electron chi connectivity index (χ0n) is 13.2. The Morgan fingerprint density at radius 1 is 1.24 bits per heavy atom. The van der Waals surface area contributed by atoms with Crippen molar-refractivity contribution in [2.24, 2.45) is 10.4 Å². The van der Waals surface area contributed by atoms with Crippen molar-refractivity contribution in [2.75, 3.05) is 30.8 Å². The van der Waals surface area contributed by atoms with Gasteiger partial charge in [-0.2, -0.15) is 0 Å². The van der Waals surface area contributed by atoms with Crippen LogP contribution < -0.4 is 14.8 Å². The van der Waals surface area contributed by atoms with Crippen molar-refractivity contribution in [2.45, 2.75) is 27.7 Å². The normalized spacial score (nSPS) is 17.0. The molecule has 1 aromatic carbocycles. The highest BCUT2D eigenvalue weighted by molar-refractivity contribution is 8.14. The average molecular weight is 308 g/mol. The highest BCUT2D eigenvalue weighted by atomic mass is 32.2. The third-order valence-electron chi connectivity index (χ3n) is 3.05. The molecule has 2 rings (SSSR count). The summed E-state index contributed by atoms with van der Waals surface area (Å²) in [6, 6.07) is 5.84. The van der Waals surface area contributed by atoms with Crippen LogP contribution in [0.15, 0.2) is 23.2 Å². The largest absolute Gasteiger partial charge is 0.494 e. The molecule has 0 amide bonds. The number of ether oxygens (including phenoxy) is 2. The first-order chi connectivity index (χ1) is 10.0. The number of amidine groups is 1. The van der Waals surface area contributed by atoms with Gasteiger partial charge in [-0.05, 0) is 31.4 Å². The van der Waals surface area contributed by atoms with E-state index in [1.165, 1.54) is 0 Å². The number of benzene rings is 1. The molecule has 1 N–H and O–H groups in total. The monoisotopic (exact) mass is 308 g/mol. The first kappa shape index (κ1) is 16.0. The van der Waals surface area contributed by atoms with Crippen molar-refractivity contribution >= 4 is 22.6 Å². The predicted octanol–water partition coefficient (Wildman–Crippen LogP) is 4.02. The maximum atomic E-state index is 5.67. The lowest BCUT2D eigenvalue weighted by Gasteiger charge is -2.27. The first-order valence-corrected chi connectivity index (χ1v) is 8.36. The molecule has 0 bridgehead atoms. The Kier molecular flexibility index (Phi) is 5.39. The fraction of sp³-hybridized carbons (Fsp3) is 0.562. The molecular formula is C16H24N2O2S. The van der Waals surface area contributed by atoms with Gasteiger partial charge in [-0.15, -0.1) is 0 Å². The molecule has 116 valence electrons. The first-order valence-electron chi connectivity index (χ1n) is 7.38. The van der Waals surface area contributed by atoms with Gasteiger partial charge in [0, 0.05) is 18.4 Å². The van der Waals surface area contributed by atoms with Crippen LogP contribution >= 0.6 is 11.8 Å². The molecule has 1 aromatic rings. The molecule has 0 aliphatic carbocycles. The minimum absolute atomic E-state index is 0.270. The fourth-order valence-electron chi connectivity index (χ4n) is 1.98. The molecule has 21 heavy (non-hydrogen) atoms. The molecule has 1 aliphatic heterocycles. The van der Waals surface area contributed by atoms with Crippen LogP contribution in [0.2, 0.25) is 0 Å². The van der Waals surface area contributed by atoms with Crippen LogP contribution in [0, 0.1) is 5.41 Å². The van der Waals surface area contributed by atoms with E-state index in [1.54, 1.807) is 11.8 Å². The van der Waals surface area contributed by atoms with Crippen LogP contribution in [0.25, 0.3) is 0 Å². The molecule has 5 heteroatoms. The summed E-state index contributed by atoms with van der Waals surface area (Å²) in [5.74, 6) is 2.73. The van der Waals surface area contributed by atoms with Crippen molar-refractivity contribution in [3.8, 4) is 11.5 Å². The Morgan fingerprint density at radius 3 is 2.62 bits per heavy atom. The number of nitrogens with one attached hydrogen (secondary N) is 1. The summed E-state index contributed by atoms with van der Waals surface area (Å²) in [6.07, 6.45) is 0. The molecule has 0 saturated carbocycles. The van der Waals surface area contributed by atoms with Gasteiger partial charge in [0.1, 0.15) is 11.5 Å². The van der Waals surface area contributed by atoms with E-state index in [9.17, 15) is 0 Å². The zero-order valence-corrected chi connectivity index (χ0v) is 14.0. The highest BCUT2D eigenvalue weighted by Crippen LogP contribution is 2.33. The second kappa shape index (κ2) is 7.07. The fourth-order valence-corrected chi connectivity index (χ4v) is 2.93. The van der Waals surface area contributed by atoms with Gasteiger partial charge in [-0.25, -0.2) is 0 Å². The van der Waals surface area contributed by atoms with Crippen LogP contribution in [0.4, 0.5) is 5.69 Å². The van der Waals surface area contributed by atoms with E-state index in [4.69, 9.17) is 9.47 Å². The second-order valence-corrected chi connectivity index (χ2v) is 6.69. The Hall–Kier alpha value is -1.36. The Bertz CT molecular complexity index is 515. The van der Waals surface area contributed by atoms with Crippen molar-refractivity contribution in [1.82, 2.24) is 0 Å². The summed E-state index contributed by atoms with van der Waals surface area (Å²) in [5, 5.41) is 4.33. The van der Waals surface area contributed by atoms with E-state index in [1.807, 2.05) is 32.0 Å². The Labute approximate surface area is 131 Å². The summed E-state index contributed by atoms with van der Waals surface area (Å²) in [6.45, 7) is 10.6. The van der Waals surface area contributed by atoms with Crippen molar-refractivity contribution < 1.29 is 9.47 Å². The topological polar surface area (TPSA) is 42.9 Å². The molecular weight excluding hydrogens is 284 g/mol. The van der Waals surface area contributed by atoms with Crippen LogP contribution in [-0.4, -0.2) is 30.7 Å². The lowest BCUT2D eigenvalue weighted by atomic mass is 9.97. The van der Waals surface area contributed by atoms with Crippen molar-refractivity contribution in [3.05, 3.63) is 18.2 Å². The molecule has 1 aliphatic rings. The second-order valence-electron chi connectivity index (χ2n) is 5.72. The Morgan fingerprint density at radius 2 is 2.00 bits per heavy atom. The zero-order chi connectivity index (χ0) is 15.3. The average Bonchev–Trinajstić information content (AvgIpc) is 2.44. The summed E-state index contributed by atoms with van der Waals surface area (Å²) >= 11 is 1.75. The highest BCUT2D eigenvalue weighted by Gasteiger charge is 2.23. The van der Waals surface area contributed by atoms with Gasteiger partial charge in [-0.1, -0.05) is 25.6 Å². The van der Waals surface area contributed by atoms with E-state index in [0.29, 0.717) is 13.2 Å². The van der Waals surface area contributed by atoms with Gasteiger partial charge in [-0.3, -0.25) is 4.99 Å². The smallest absolute Gasteiger partial charge is 0.161 e. The van der Waals surface area contributed by atoms with Gasteiger partial charge in [0.2, 0.25) is 0 Å². The van der Waals surface area contributed by atoms with E-state index < -0.39 is 0 Å². The molecule has 0 radical (unpaired) electrons. The number of anilines is 1. The number of hydrogen-bond donors (Lipinski definition) is 1. The predicted molar refractivity (Wildman–Crippen MR) is 90.9 cm³/mol. The molecule has 0 saturated heterocycles. The third kappa shape index (κ3) is 4.56. The van der Waals surface area contributed by atoms with E-state index in [-0.39, 0.29) is 5.41 Å². The van der Waals surface area contributed by atoms with Gasteiger partial charge in [0.05, 0.1) is 18.9 Å². The maximum absolute atomic E-state index is 5.67. The molecule has 1 heterocycles. The molecule has 0 unspecified atom stereocenters. The van der Waals surface area contributed by atoms with E-state index in [2.05, 4.69) is 24.2 Å².